The first kappa shape index (κ1) is 22.3. The van der Waals surface area contributed by atoms with E-state index in [9.17, 15) is 18.0 Å². The van der Waals surface area contributed by atoms with E-state index in [-0.39, 0.29) is 5.91 Å². The van der Waals surface area contributed by atoms with Crippen molar-refractivity contribution in [3.63, 3.8) is 0 Å². The highest BCUT2D eigenvalue weighted by Crippen LogP contribution is 2.32. The van der Waals surface area contributed by atoms with Gasteiger partial charge >= 0.3 is 6.18 Å². The maximum atomic E-state index is 12.9. The molecule has 5 nitrogen and oxygen atoms in total. The molecule has 9 heteroatoms. The van der Waals surface area contributed by atoms with Crippen molar-refractivity contribution in [1.29, 1.82) is 0 Å². The third-order valence-electron chi connectivity index (χ3n) is 4.88. The predicted molar refractivity (Wildman–Crippen MR) is 125 cm³/mol. The fourth-order valence-corrected chi connectivity index (χ4v) is 3.80. The average molecular weight is 469 g/mol. The van der Waals surface area contributed by atoms with E-state index in [2.05, 4.69) is 15.6 Å². The summed E-state index contributed by atoms with van der Waals surface area (Å²) in [7, 11) is 0. The molecule has 0 saturated carbocycles. The van der Waals surface area contributed by atoms with E-state index in [4.69, 9.17) is 5.73 Å². The second kappa shape index (κ2) is 9.33. The van der Waals surface area contributed by atoms with Crippen molar-refractivity contribution >= 4 is 33.8 Å². The van der Waals surface area contributed by atoms with Crippen molar-refractivity contribution in [3.05, 3.63) is 95.0 Å². The van der Waals surface area contributed by atoms with Crippen LogP contribution in [0.1, 0.15) is 21.6 Å². The first-order valence-corrected chi connectivity index (χ1v) is 10.8. The topological polar surface area (TPSA) is 80.0 Å². The molecule has 0 aliphatic carbocycles. The average Bonchev–Trinajstić information content (AvgIpc) is 3.23. The first-order chi connectivity index (χ1) is 15.8. The van der Waals surface area contributed by atoms with Crippen LogP contribution in [0.5, 0.6) is 0 Å². The van der Waals surface area contributed by atoms with Crippen LogP contribution < -0.4 is 16.4 Å². The normalized spacial score (nSPS) is 11.2. The van der Waals surface area contributed by atoms with Crippen molar-refractivity contribution < 1.29 is 18.0 Å². The molecule has 1 aromatic heterocycles. The second-order valence-electron chi connectivity index (χ2n) is 7.18. The molecule has 0 aliphatic heterocycles. The molecule has 4 rings (SSSR count). The summed E-state index contributed by atoms with van der Waals surface area (Å²) >= 11 is 1.38. The van der Waals surface area contributed by atoms with E-state index in [0.717, 1.165) is 23.5 Å². The lowest BCUT2D eigenvalue weighted by Gasteiger charge is -2.12. The Hall–Kier alpha value is -3.85. The minimum atomic E-state index is -4.41. The molecule has 0 bridgehead atoms. The first-order valence-electron chi connectivity index (χ1n) is 9.91. The molecule has 4 aromatic rings. The van der Waals surface area contributed by atoms with Crippen LogP contribution >= 0.6 is 11.3 Å². The van der Waals surface area contributed by atoms with Gasteiger partial charge < -0.3 is 16.4 Å². The smallest absolute Gasteiger partial charge is 0.379 e. The molecule has 0 aliphatic rings. The van der Waals surface area contributed by atoms with Gasteiger partial charge in [0.2, 0.25) is 0 Å². The molecule has 0 radical (unpaired) electrons. The van der Waals surface area contributed by atoms with Crippen LogP contribution in [0.15, 0.2) is 78.2 Å². The number of carbonyl (C=O) groups excluding carboxylic acids is 1. The van der Waals surface area contributed by atoms with E-state index >= 15 is 0 Å². The molecular weight excluding hydrogens is 449 g/mol. The fraction of sp³-hybridized carbons (Fsp3) is 0.0833. The maximum absolute atomic E-state index is 12.9. The molecule has 168 valence electrons. The van der Waals surface area contributed by atoms with Crippen molar-refractivity contribution in [3.8, 4) is 11.1 Å². The SMILES string of the molecule is Nc1nc(CNc2ccc(NC(=O)c3ccccc3-c3ccc(C(F)(F)F)cc3)cc2)cs1. The van der Waals surface area contributed by atoms with Crippen molar-refractivity contribution in [2.24, 2.45) is 0 Å². The highest BCUT2D eigenvalue weighted by Gasteiger charge is 2.30. The van der Waals surface area contributed by atoms with Crippen molar-refractivity contribution in [2.45, 2.75) is 12.7 Å². The van der Waals surface area contributed by atoms with Crippen LogP contribution in [-0.4, -0.2) is 10.9 Å². The monoisotopic (exact) mass is 468 g/mol. The summed E-state index contributed by atoms with van der Waals surface area (Å²) in [6, 6.07) is 18.7. The lowest BCUT2D eigenvalue weighted by molar-refractivity contribution is -0.137. The summed E-state index contributed by atoms with van der Waals surface area (Å²) in [6.07, 6.45) is -4.41. The van der Waals surface area contributed by atoms with Gasteiger partial charge in [-0.1, -0.05) is 30.3 Å². The lowest BCUT2D eigenvalue weighted by atomic mass is 9.98. The Morgan fingerprint density at radius 3 is 2.24 bits per heavy atom. The van der Waals surface area contributed by atoms with Crippen LogP contribution in [0.25, 0.3) is 11.1 Å². The molecule has 0 atom stereocenters. The number of hydrogen-bond acceptors (Lipinski definition) is 5. The van der Waals surface area contributed by atoms with Gasteiger partial charge in [0.25, 0.3) is 5.91 Å². The summed E-state index contributed by atoms with van der Waals surface area (Å²) in [6.45, 7) is 0.528. The Kier molecular flexibility index (Phi) is 6.32. The molecule has 4 N–H and O–H groups in total. The molecular formula is C24H19F3N4OS. The quantitative estimate of drug-likeness (QED) is 0.311. The summed E-state index contributed by atoms with van der Waals surface area (Å²) < 4.78 is 38.6. The number of nitrogens with zero attached hydrogens (tertiary/aromatic N) is 1. The number of carbonyl (C=O) groups is 1. The maximum Gasteiger partial charge on any atom is 0.416 e. The highest BCUT2D eigenvalue weighted by atomic mass is 32.1. The number of rotatable bonds is 6. The predicted octanol–water partition coefficient (Wildman–Crippen LogP) is 6.28. The van der Waals surface area contributed by atoms with E-state index in [1.165, 1.54) is 23.5 Å². The third kappa shape index (κ3) is 5.50. The van der Waals surface area contributed by atoms with Gasteiger partial charge in [-0.15, -0.1) is 11.3 Å². The molecule has 1 heterocycles. The van der Waals surface area contributed by atoms with E-state index < -0.39 is 11.7 Å². The lowest BCUT2D eigenvalue weighted by Crippen LogP contribution is -2.13. The number of thiazole rings is 1. The minimum absolute atomic E-state index is 0.357. The number of nitrogens with one attached hydrogen (secondary N) is 2. The number of nitrogen functional groups attached to an aromatic ring is 1. The van der Waals surface area contributed by atoms with Gasteiger partial charge in [-0.2, -0.15) is 13.2 Å². The Balaban J connectivity index is 1.45. The van der Waals surface area contributed by atoms with Crippen LogP contribution in [-0.2, 0) is 12.7 Å². The molecule has 0 saturated heterocycles. The molecule has 33 heavy (non-hydrogen) atoms. The summed E-state index contributed by atoms with van der Waals surface area (Å²) in [5.41, 5.74) is 8.61. The molecule has 3 aromatic carbocycles. The molecule has 0 spiro atoms. The van der Waals surface area contributed by atoms with Gasteiger partial charge in [0, 0.05) is 22.3 Å². The summed E-state index contributed by atoms with van der Waals surface area (Å²) in [4.78, 5) is 17.1. The number of alkyl halides is 3. The minimum Gasteiger partial charge on any atom is -0.379 e. The van der Waals surface area contributed by atoms with Crippen LogP contribution in [0.3, 0.4) is 0 Å². The van der Waals surface area contributed by atoms with Crippen molar-refractivity contribution in [1.82, 2.24) is 4.98 Å². The number of benzene rings is 3. The van der Waals surface area contributed by atoms with Gasteiger partial charge in [-0.3, -0.25) is 4.79 Å². The number of aromatic nitrogens is 1. The second-order valence-corrected chi connectivity index (χ2v) is 8.07. The van der Waals surface area contributed by atoms with Gasteiger partial charge in [0.05, 0.1) is 17.8 Å². The Morgan fingerprint density at radius 1 is 0.939 bits per heavy atom. The third-order valence-corrected chi connectivity index (χ3v) is 5.60. The van der Waals surface area contributed by atoms with Crippen LogP contribution in [0.4, 0.5) is 29.7 Å². The van der Waals surface area contributed by atoms with Gasteiger partial charge in [-0.05, 0) is 53.6 Å². The van der Waals surface area contributed by atoms with Crippen LogP contribution in [0.2, 0.25) is 0 Å². The van der Waals surface area contributed by atoms with E-state index in [1.54, 1.807) is 36.4 Å². The fourth-order valence-electron chi connectivity index (χ4n) is 3.24. The Morgan fingerprint density at radius 2 is 1.61 bits per heavy atom. The van der Waals surface area contributed by atoms with E-state index in [1.807, 2.05) is 17.5 Å². The van der Waals surface area contributed by atoms with Gasteiger partial charge in [-0.25, -0.2) is 4.98 Å². The molecule has 0 fully saturated rings. The Labute approximate surface area is 192 Å². The number of hydrogen-bond donors (Lipinski definition) is 3. The highest BCUT2D eigenvalue weighted by molar-refractivity contribution is 7.13. The zero-order valence-electron chi connectivity index (χ0n) is 17.2. The number of nitrogens with two attached hydrogens (primary N) is 1. The zero-order chi connectivity index (χ0) is 23.4. The zero-order valence-corrected chi connectivity index (χ0v) is 18.0. The molecule has 0 unspecified atom stereocenters. The largest absolute Gasteiger partial charge is 0.416 e. The Bertz CT molecular complexity index is 1250. The van der Waals surface area contributed by atoms with E-state index in [0.29, 0.717) is 34.1 Å². The van der Waals surface area contributed by atoms with Gasteiger partial charge in [0.15, 0.2) is 5.13 Å². The number of amides is 1. The molecule has 1 amide bonds. The number of anilines is 3. The number of halogens is 3. The summed E-state index contributed by atoms with van der Waals surface area (Å²) in [5.74, 6) is -0.357. The standard InChI is InChI=1S/C24H19F3N4OS/c25-24(26,27)16-7-5-15(6-8-16)20-3-1-2-4-21(20)22(32)30-18-11-9-17(10-12-18)29-13-19-14-33-23(28)31-19/h1-12,14,29H,13H2,(H2,28,31)(H,30,32). The summed E-state index contributed by atoms with van der Waals surface area (Å²) in [5, 5.41) is 8.46. The van der Waals surface area contributed by atoms with Crippen molar-refractivity contribution in [2.75, 3.05) is 16.4 Å². The van der Waals surface area contributed by atoms with Crippen LogP contribution in [0, 0.1) is 0 Å². The van der Waals surface area contributed by atoms with Gasteiger partial charge in [0.1, 0.15) is 0 Å².